The second-order valence-electron chi connectivity index (χ2n) is 10.7. The Morgan fingerprint density at radius 1 is 1.09 bits per heavy atom. The molecule has 1 saturated heterocycles. The van der Waals surface area contributed by atoms with E-state index in [9.17, 15) is 4.79 Å². The molecule has 1 amide bonds. The minimum atomic E-state index is -0.533. The van der Waals surface area contributed by atoms with Crippen LogP contribution >= 0.6 is 11.6 Å². The minimum Gasteiger partial charge on any atom is -0.396 e. The van der Waals surface area contributed by atoms with E-state index >= 15 is 0 Å². The average Bonchev–Trinajstić information content (AvgIpc) is 3.45. The quantitative estimate of drug-likeness (QED) is 0.249. The summed E-state index contributed by atoms with van der Waals surface area (Å²) in [4.78, 5) is 26.0. The summed E-state index contributed by atoms with van der Waals surface area (Å²) in [5.74, 6) is 6.26. The molecule has 43 heavy (non-hydrogen) atoms. The molecule has 1 aliphatic rings. The number of rotatable bonds is 9. The van der Waals surface area contributed by atoms with Crippen LogP contribution in [0.25, 0.3) is 11.1 Å². The van der Waals surface area contributed by atoms with Crippen LogP contribution in [-0.4, -0.2) is 80.4 Å². The van der Waals surface area contributed by atoms with Gasteiger partial charge in [-0.15, -0.1) is 0 Å². The first kappa shape index (κ1) is 30.2. The summed E-state index contributed by atoms with van der Waals surface area (Å²) in [7, 11) is 2.14. The zero-order valence-corrected chi connectivity index (χ0v) is 25.1. The maximum absolute atomic E-state index is 12.5. The topological polar surface area (TPSA) is 125 Å². The lowest BCUT2D eigenvalue weighted by molar-refractivity contribution is 0.100. The number of carbonyl (C=O) groups is 1. The fraction of sp³-hybridized carbons (Fsp3) is 0.312. The van der Waals surface area contributed by atoms with E-state index in [0.717, 1.165) is 55.1 Å². The Labute approximate surface area is 256 Å². The molecule has 10 nitrogen and oxygen atoms in total. The van der Waals surface area contributed by atoms with Gasteiger partial charge in [0, 0.05) is 86.2 Å². The number of hydrogen-bond donors (Lipinski definition) is 3. The molecule has 222 valence electrons. The maximum Gasteiger partial charge on any atom is 0.249 e. The highest BCUT2D eigenvalue weighted by Crippen LogP contribution is 2.33. The minimum absolute atomic E-state index is 0.110. The van der Waals surface area contributed by atoms with Crippen molar-refractivity contribution in [2.45, 2.75) is 26.4 Å². The van der Waals surface area contributed by atoms with Gasteiger partial charge in [0.2, 0.25) is 11.9 Å². The Bertz CT molecular complexity index is 1650. The number of nitrogens with one attached hydrogen (secondary N) is 1. The third kappa shape index (κ3) is 7.58. The Kier molecular flexibility index (Phi) is 9.69. The van der Waals surface area contributed by atoms with Crippen molar-refractivity contribution in [3.63, 3.8) is 0 Å². The second-order valence-corrected chi connectivity index (χ2v) is 11.1. The number of halogens is 1. The highest BCUT2D eigenvalue weighted by Gasteiger charge is 2.19. The SMILES string of the molecule is Cc1ccc(C(N)=O)c(-c2ccc(CN3CCN(C)CC3)c(Cl)c2)c1C#Cc1cnc(Nc2cnn(CCCO)c2)nc1. The van der Waals surface area contributed by atoms with E-state index in [1.165, 1.54) is 0 Å². The van der Waals surface area contributed by atoms with Gasteiger partial charge in [-0.3, -0.25) is 14.4 Å². The van der Waals surface area contributed by atoms with Crippen LogP contribution < -0.4 is 11.1 Å². The van der Waals surface area contributed by atoms with Gasteiger partial charge in [0.25, 0.3) is 0 Å². The van der Waals surface area contributed by atoms with Gasteiger partial charge in [-0.1, -0.05) is 41.6 Å². The van der Waals surface area contributed by atoms with E-state index in [-0.39, 0.29) is 6.61 Å². The van der Waals surface area contributed by atoms with E-state index in [0.29, 0.717) is 46.2 Å². The summed E-state index contributed by atoms with van der Waals surface area (Å²) < 4.78 is 1.74. The summed E-state index contributed by atoms with van der Waals surface area (Å²) in [5, 5.41) is 17.0. The average molecular weight is 599 g/mol. The third-order valence-electron chi connectivity index (χ3n) is 7.43. The molecule has 0 bridgehead atoms. The van der Waals surface area contributed by atoms with Gasteiger partial charge in [0.1, 0.15) is 0 Å². The van der Waals surface area contributed by atoms with E-state index in [4.69, 9.17) is 22.4 Å². The molecular formula is C32H35ClN8O2. The summed E-state index contributed by atoms with van der Waals surface area (Å²) in [6.45, 7) is 7.51. The van der Waals surface area contributed by atoms with Gasteiger partial charge >= 0.3 is 0 Å². The number of aromatic nitrogens is 4. The van der Waals surface area contributed by atoms with E-state index in [1.807, 2.05) is 37.4 Å². The zero-order valence-electron chi connectivity index (χ0n) is 24.3. The Morgan fingerprint density at radius 3 is 2.56 bits per heavy atom. The lowest BCUT2D eigenvalue weighted by Crippen LogP contribution is -2.43. The first-order chi connectivity index (χ1) is 20.8. The molecule has 4 N–H and O–H groups in total. The number of aliphatic hydroxyl groups is 1. The van der Waals surface area contributed by atoms with Gasteiger partial charge in [0.05, 0.1) is 17.4 Å². The number of nitrogens with zero attached hydrogens (tertiary/aromatic N) is 6. The molecule has 5 rings (SSSR count). The largest absolute Gasteiger partial charge is 0.396 e. The predicted octanol–water partition coefficient (Wildman–Crippen LogP) is 3.67. The van der Waals surface area contributed by atoms with Gasteiger partial charge in [0.15, 0.2) is 0 Å². The number of nitrogens with two attached hydrogens (primary N) is 1. The van der Waals surface area contributed by atoms with Crippen LogP contribution in [0.4, 0.5) is 11.6 Å². The number of amides is 1. The number of carbonyl (C=O) groups excluding carboxylic acids is 1. The van der Waals surface area contributed by atoms with E-state index in [2.05, 4.69) is 49.1 Å². The van der Waals surface area contributed by atoms with Crippen LogP contribution in [0.3, 0.4) is 0 Å². The number of benzene rings is 2. The highest BCUT2D eigenvalue weighted by molar-refractivity contribution is 6.31. The molecular weight excluding hydrogens is 564 g/mol. The van der Waals surface area contributed by atoms with Crippen LogP contribution in [0.2, 0.25) is 5.02 Å². The van der Waals surface area contributed by atoms with Gasteiger partial charge in [-0.2, -0.15) is 5.10 Å². The van der Waals surface area contributed by atoms with Crippen LogP contribution in [0.15, 0.2) is 55.1 Å². The molecule has 0 radical (unpaired) electrons. The molecule has 4 aromatic rings. The molecule has 0 spiro atoms. The molecule has 11 heteroatoms. The second kappa shape index (κ2) is 13.8. The lowest BCUT2D eigenvalue weighted by Gasteiger charge is -2.32. The van der Waals surface area contributed by atoms with Crippen molar-refractivity contribution in [1.82, 2.24) is 29.5 Å². The number of aryl methyl sites for hydroxylation is 2. The standard InChI is InChI=1S/C32H35ClN8O2/c1-22-4-8-28(31(34)43)30(24-6-7-25(29(33)16-24)20-40-13-11-39(2)12-14-40)27(22)9-5-23-17-35-32(36-18-23)38-26-19-37-41(21-26)10-3-15-42/h4,6-8,16-19,21,42H,3,10-15,20H2,1-2H3,(H2,34,43)(H,35,36,38). The van der Waals surface area contributed by atoms with Crippen molar-refractivity contribution in [2.75, 3.05) is 45.2 Å². The van der Waals surface area contributed by atoms with Gasteiger partial charge in [-0.05, 0) is 49.2 Å². The van der Waals surface area contributed by atoms with Crippen molar-refractivity contribution < 1.29 is 9.90 Å². The van der Waals surface area contributed by atoms with Crippen molar-refractivity contribution >= 4 is 29.1 Å². The van der Waals surface area contributed by atoms with Crippen LogP contribution in [0.5, 0.6) is 0 Å². The predicted molar refractivity (Wildman–Crippen MR) is 168 cm³/mol. The monoisotopic (exact) mass is 598 g/mol. The third-order valence-corrected chi connectivity index (χ3v) is 7.78. The molecule has 0 unspecified atom stereocenters. The summed E-state index contributed by atoms with van der Waals surface area (Å²) in [5.41, 5.74) is 11.6. The van der Waals surface area contributed by atoms with Crippen molar-refractivity contribution in [1.29, 1.82) is 0 Å². The van der Waals surface area contributed by atoms with Crippen LogP contribution in [-0.2, 0) is 13.1 Å². The first-order valence-corrected chi connectivity index (χ1v) is 14.6. The molecule has 3 heterocycles. The Hall–Kier alpha value is -4.27. The van der Waals surface area contributed by atoms with Crippen molar-refractivity contribution in [3.05, 3.63) is 88.0 Å². The van der Waals surface area contributed by atoms with Crippen LogP contribution in [0.1, 0.15) is 39.0 Å². The molecule has 2 aromatic carbocycles. The Morgan fingerprint density at radius 2 is 1.86 bits per heavy atom. The smallest absolute Gasteiger partial charge is 0.249 e. The van der Waals surface area contributed by atoms with Gasteiger partial charge < -0.3 is 21.1 Å². The van der Waals surface area contributed by atoms with Crippen molar-refractivity contribution in [3.8, 4) is 23.0 Å². The molecule has 1 fully saturated rings. The normalized spacial score (nSPS) is 13.9. The molecule has 0 aliphatic carbocycles. The lowest BCUT2D eigenvalue weighted by atomic mass is 9.90. The summed E-state index contributed by atoms with van der Waals surface area (Å²) in [6.07, 6.45) is 7.40. The number of piperazine rings is 1. The molecule has 0 atom stereocenters. The summed E-state index contributed by atoms with van der Waals surface area (Å²) >= 11 is 6.79. The molecule has 2 aromatic heterocycles. The fourth-order valence-corrected chi connectivity index (χ4v) is 5.20. The highest BCUT2D eigenvalue weighted by atomic mass is 35.5. The Balaban J connectivity index is 1.39. The number of likely N-dealkylation sites (N-methyl/N-ethyl adjacent to an activating group) is 1. The zero-order chi connectivity index (χ0) is 30.3. The van der Waals surface area contributed by atoms with E-state index in [1.54, 1.807) is 29.3 Å². The van der Waals surface area contributed by atoms with E-state index < -0.39 is 5.91 Å². The molecule has 0 saturated carbocycles. The van der Waals surface area contributed by atoms with Crippen molar-refractivity contribution in [2.24, 2.45) is 5.73 Å². The first-order valence-electron chi connectivity index (χ1n) is 14.2. The number of anilines is 2. The summed E-state index contributed by atoms with van der Waals surface area (Å²) in [6, 6.07) is 9.49. The maximum atomic E-state index is 12.5. The number of aliphatic hydroxyl groups excluding tert-OH is 1. The van der Waals surface area contributed by atoms with Gasteiger partial charge in [-0.25, -0.2) is 9.97 Å². The van der Waals surface area contributed by atoms with Crippen LogP contribution in [0, 0.1) is 18.8 Å². The number of primary amides is 1. The molecule has 1 aliphatic heterocycles. The number of hydrogen-bond acceptors (Lipinski definition) is 8. The fourth-order valence-electron chi connectivity index (χ4n) is 4.96.